The van der Waals surface area contributed by atoms with Crippen molar-refractivity contribution < 1.29 is 0 Å². The van der Waals surface area contributed by atoms with Crippen molar-refractivity contribution in [2.24, 2.45) is 0 Å². The van der Waals surface area contributed by atoms with Crippen LogP contribution in [0.5, 0.6) is 0 Å². The maximum absolute atomic E-state index is 2.56. The fraction of sp³-hybridized carbons (Fsp3) is 0.0645. The lowest BCUT2D eigenvalue weighted by atomic mass is 9.69. The summed E-state index contributed by atoms with van der Waals surface area (Å²) in [6.45, 7) is 4.79. The fourth-order valence-corrected chi connectivity index (χ4v) is 12.0. The predicted molar refractivity (Wildman–Crippen MR) is 267 cm³/mol. The molecule has 0 saturated heterocycles. The minimum Gasteiger partial charge on any atom is -0.310 e. The quantitative estimate of drug-likeness (QED) is 0.165. The van der Waals surface area contributed by atoms with Crippen LogP contribution in [0.3, 0.4) is 0 Å². The molecule has 0 N–H and O–H groups in total. The van der Waals surface area contributed by atoms with Gasteiger partial charge >= 0.3 is 0 Å². The second-order valence-corrected chi connectivity index (χ2v) is 18.0. The van der Waals surface area contributed by atoms with Crippen LogP contribution in [0.4, 0.5) is 34.1 Å². The van der Waals surface area contributed by atoms with Crippen molar-refractivity contribution >= 4 is 44.9 Å². The van der Waals surface area contributed by atoms with Crippen molar-refractivity contribution in [3.8, 4) is 33.4 Å². The molecule has 0 heterocycles. The summed E-state index contributed by atoms with van der Waals surface area (Å²) >= 11 is 0. The first-order valence-electron chi connectivity index (χ1n) is 22.4. The molecule has 0 amide bonds. The molecule has 3 aliphatic carbocycles. The lowest BCUT2D eigenvalue weighted by molar-refractivity contribution is 0.661. The molecule has 1 atom stereocenters. The molecule has 1 spiro atoms. The van der Waals surface area contributed by atoms with Crippen molar-refractivity contribution in [2.45, 2.75) is 24.7 Å². The molecule has 2 nitrogen and oxygen atoms in total. The average Bonchev–Trinajstić information content (AvgIpc) is 3.92. The monoisotopic (exact) mass is 816 g/mol. The first-order chi connectivity index (χ1) is 31.6. The first kappa shape index (κ1) is 36.7. The zero-order valence-electron chi connectivity index (χ0n) is 35.8. The van der Waals surface area contributed by atoms with Crippen LogP contribution in [0.2, 0.25) is 0 Å². The van der Waals surface area contributed by atoms with Crippen molar-refractivity contribution in [3.63, 3.8) is 0 Å². The van der Waals surface area contributed by atoms with Gasteiger partial charge < -0.3 is 9.80 Å². The SMILES string of the molecule is CC1(C)c2ccccc2-c2cccc(N(c3ccccc3)c3cccc4c3-c3ccccc3C43c4ccccc4-c4c3c(N(c3ccccc3)c3ccccc3)cc3ccccc43)c21. The highest BCUT2D eigenvalue weighted by molar-refractivity contribution is 6.12. The lowest BCUT2D eigenvalue weighted by Gasteiger charge is -2.36. The Morgan fingerprint density at radius 1 is 0.312 bits per heavy atom. The van der Waals surface area contributed by atoms with E-state index in [0.717, 1.165) is 17.1 Å². The molecule has 64 heavy (non-hydrogen) atoms. The van der Waals surface area contributed by atoms with E-state index >= 15 is 0 Å². The molecule has 302 valence electrons. The van der Waals surface area contributed by atoms with Crippen LogP contribution in [0.1, 0.15) is 47.2 Å². The summed E-state index contributed by atoms with van der Waals surface area (Å²) in [5.41, 5.74) is 21.7. The van der Waals surface area contributed by atoms with Gasteiger partial charge in [0.05, 0.1) is 22.5 Å². The molecule has 13 rings (SSSR count). The third kappa shape index (κ3) is 4.91. The molecule has 0 aliphatic heterocycles. The normalized spacial score (nSPS) is 15.5. The van der Waals surface area contributed by atoms with Gasteiger partial charge in [-0.2, -0.15) is 0 Å². The van der Waals surface area contributed by atoms with Crippen molar-refractivity contribution in [2.75, 3.05) is 9.80 Å². The molecular formula is C62H44N2. The number of nitrogens with zero attached hydrogens (tertiary/aromatic N) is 2. The molecule has 2 heteroatoms. The minimum absolute atomic E-state index is 0.218. The molecule has 0 saturated carbocycles. The molecule has 3 aliphatic rings. The Hall–Kier alpha value is -7.94. The second kappa shape index (κ2) is 13.8. The van der Waals surface area contributed by atoms with E-state index < -0.39 is 5.41 Å². The van der Waals surface area contributed by atoms with E-state index in [2.05, 4.69) is 254 Å². The maximum Gasteiger partial charge on any atom is 0.0747 e. The van der Waals surface area contributed by atoms with Crippen LogP contribution < -0.4 is 9.80 Å². The van der Waals surface area contributed by atoms with Crippen LogP contribution in [0.25, 0.3) is 44.2 Å². The van der Waals surface area contributed by atoms with Crippen molar-refractivity contribution in [1.29, 1.82) is 0 Å². The third-order valence-corrected chi connectivity index (χ3v) is 14.4. The fourth-order valence-electron chi connectivity index (χ4n) is 12.0. The largest absolute Gasteiger partial charge is 0.310 e. The second-order valence-electron chi connectivity index (χ2n) is 18.0. The summed E-state index contributed by atoms with van der Waals surface area (Å²) in [6, 6.07) is 85.8. The van der Waals surface area contributed by atoms with Crippen LogP contribution in [0.15, 0.2) is 231 Å². The standard InChI is InChI=1S/C62H44N2/c1-61(2)50-34-17-14-30-46(50)47-33-20-39-55(59(47)61)64(44-27-10-5-11-28-44)54-38-21-37-53-58(54)49-32-16-19-36-52(49)62(53)51-35-18-15-31-48(51)57-45-29-13-12-22-41(45)40-56(60(57)62)63(42-23-6-3-7-24-42)43-25-8-4-9-26-43/h3-40H,1-2H3. The number of rotatable bonds is 6. The zero-order valence-corrected chi connectivity index (χ0v) is 35.8. The Kier molecular flexibility index (Phi) is 7.90. The third-order valence-electron chi connectivity index (χ3n) is 14.4. The van der Waals surface area contributed by atoms with E-state index in [9.17, 15) is 0 Å². The van der Waals surface area contributed by atoms with Crippen molar-refractivity contribution in [3.05, 3.63) is 264 Å². The molecule has 10 aromatic carbocycles. The number of hydrogen-bond donors (Lipinski definition) is 0. The van der Waals surface area contributed by atoms with E-state index in [4.69, 9.17) is 0 Å². The first-order valence-corrected chi connectivity index (χ1v) is 22.4. The highest BCUT2D eigenvalue weighted by Gasteiger charge is 2.55. The molecular weight excluding hydrogens is 773 g/mol. The van der Waals surface area contributed by atoms with Gasteiger partial charge in [0, 0.05) is 33.6 Å². The Morgan fingerprint density at radius 3 is 1.44 bits per heavy atom. The highest BCUT2D eigenvalue weighted by atomic mass is 15.2. The Labute approximate surface area is 375 Å². The number of benzene rings is 10. The van der Waals surface area contributed by atoms with Crippen LogP contribution >= 0.6 is 0 Å². The molecule has 0 radical (unpaired) electrons. The molecule has 0 aromatic heterocycles. The lowest BCUT2D eigenvalue weighted by Crippen LogP contribution is -2.28. The van der Waals surface area contributed by atoms with Gasteiger partial charge in [-0.05, 0) is 121 Å². The summed E-state index contributed by atoms with van der Waals surface area (Å²) < 4.78 is 0. The maximum atomic E-state index is 2.56. The molecule has 1 unspecified atom stereocenters. The van der Waals surface area contributed by atoms with Crippen LogP contribution in [-0.4, -0.2) is 0 Å². The van der Waals surface area contributed by atoms with Crippen LogP contribution in [0, 0.1) is 0 Å². The number of fused-ring (bicyclic) bond motifs is 15. The Morgan fingerprint density at radius 2 is 0.781 bits per heavy atom. The van der Waals surface area contributed by atoms with Crippen LogP contribution in [-0.2, 0) is 10.8 Å². The number of hydrogen-bond acceptors (Lipinski definition) is 2. The predicted octanol–water partition coefficient (Wildman–Crippen LogP) is 16.4. The van der Waals surface area contributed by atoms with Crippen molar-refractivity contribution in [1.82, 2.24) is 0 Å². The summed E-state index contributed by atoms with van der Waals surface area (Å²) in [5, 5.41) is 2.48. The van der Waals surface area contributed by atoms with E-state index in [0.29, 0.717) is 0 Å². The van der Waals surface area contributed by atoms with Gasteiger partial charge in [0.2, 0.25) is 0 Å². The number of anilines is 6. The number of para-hydroxylation sites is 3. The summed E-state index contributed by atoms with van der Waals surface area (Å²) in [5.74, 6) is 0. The topological polar surface area (TPSA) is 6.48 Å². The minimum atomic E-state index is -0.647. The summed E-state index contributed by atoms with van der Waals surface area (Å²) in [7, 11) is 0. The Balaban J connectivity index is 1.17. The molecule has 0 fully saturated rings. The summed E-state index contributed by atoms with van der Waals surface area (Å²) in [4.78, 5) is 5.05. The van der Waals surface area contributed by atoms with E-state index in [1.807, 2.05) is 0 Å². The Bertz CT molecular complexity index is 3440. The van der Waals surface area contributed by atoms with E-state index in [1.54, 1.807) is 0 Å². The average molecular weight is 817 g/mol. The van der Waals surface area contributed by atoms with E-state index in [1.165, 1.54) is 94.6 Å². The van der Waals surface area contributed by atoms with Gasteiger partial charge in [0.1, 0.15) is 0 Å². The molecule has 0 bridgehead atoms. The molecule has 10 aromatic rings. The van der Waals surface area contributed by atoms with E-state index in [-0.39, 0.29) is 5.41 Å². The van der Waals surface area contributed by atoms with Gasteiger partial charge in [0.15, 0.2) is 0 Å². The smallest absolute Gasteiger partial charge is 0.0747 e. The zero-order chi connectivity index (χ0) is 42.6. The highest BCUT2D eigenvalue weighted by Crippen LogP contribution is 2.68. The van der Waals surface area contributed by atoms with Gasteiger partial charge in [-0.25, -0.2) is 0 Å². The van der Waals surface area contributed by atoms with Gasteiger partial charge in [-0.3, -0.25) is 0 Å². The van der Waals surface area contributed by atoms with Gasteiger partial charge in [-0.1, -0.05) is 190 Å². The van der Waals surface area contributed by atoms with Gasteiger partial charge in [-0.15, -0.1) is 0 Å². The van der Waals surface area contributed by atoms with Gasteiger partial charge in [0.25, 0.3) is 0 Å². The summed E-state index contributed by atoms with van der Waals surface area (Å²) in [6.07, 6.45) is 0.